The van der Waals surface area contributed by atoms with Crippen LogP contribution in [0.25, 0.3) is 0 Å². The van der Waals surface area contributed by atoms with E-state index in [2.05, 4.69) is 10.3 Å². The molecule has 0 aliphatic carbocycles. The van der Waals surface area contributed by atoms with Gasteiger partial charge in [-0.25, -0.2) is 4.98 Å². The maximum atomic E-state index is 11.8. The summed E-state index contributed by atoms with van der Waals surface area (Å²) in [6.07, 6.45) is 2.34. The third-order valence-electron chi connectivity index (χ3n) is 2.69. The number of aryl methyl sites for hydroxylation is 1. The van der Waals surface area contributed by atoms with Gasteiger partial charge >= 0.3 is 0 Å². The first-order chi connectivity index (χ1) is 8.68. The van der Waals surface area contributed by atoms with Gasteiger partial charge in [-0.05, 0) is 5.56 Å². The Morgan fingerprint density at radius 2 is 2.17 bits per heavy atom. The molecule has 0 saturated carbocycles. The van der Waals surface area contributed by atoms with E-state index in [0.29, 0.717) is 5.69 Å². The lowest BCUT2D eigenvalue weighted by Crippen LogP contribution is -2.29. The summed E-state index contributed by atoms with van der Waals surface area (Å²) in [4.78, 5) is 15.6. The summed E-state index contributed by atoms with van der Waals surface area (Å²) in [5.41, 5.74) is 1.25. The predicted octanol–water partition coefficient (Wildman–Crippen LogP) is 0.883. The summed E-state index contributed by atoms with van der Waals surface area (Å²) in [6.45, 7) is 0.175. The van der Waals surface area contributed by atoms with Gasteiger partial charge in [-0.15, -0.1) is 0 Å². The number of rotatable bonds is 4. The van der Waals surface area contributed by atoms with Crippen molar-refractivity contribution in [2.24, 2.45) is 7.05 Å². The Hall–Kier alpha value is -2.14. The SMILES string of the molecule is Cn1cncc1C(=O)NCC(O)c1ccccc1. The number of amides is 1. The Morgan fingerprint density at radius 1 is 1.44 bits per heavy atom. The third kappa shape index (κ3) is 2.75. The molecule has 1 aromatic heterocycles. The lowest BCUT2D eigenvalue weighted by Gasteiger charge is -2.12. The van der Waals surface area contributed by atoms with E-state index in [1.54, 1.807) is 17.9 Å². The van der Waals surface area contributed by atoms with Crippen LogP contribution in [0.2, 0.25) is 0 Å². The summed E-state index contributed by atoms with van der Waals surface area (Å²) < 4.78 is 1.63. The van der Waals surface area contributed by atoms with Crippen molar-refractivity contribution in [1.29, 1.82) is 0 Å². The predicted molar refractivity (Wildman–Crippen MR) is 66.9 cm³/mol. The molecule has 5 nitrogen and oxygen atoms in total. The molecular weight excluding hydrogens is 230 g/mol. The van der Waals surface area contributed by atoms with Crippen molar-refractivity contribution in [3.05, 3.63) is 54.1 Å². The molecule has 0 radical (unpaired) electrons. The fourth-order valence-electron chi connectivity index (χ4n) is 1.65. The van der Waals surface area contributed by atoms with Gasteiger partial charge in [-0.2, -0.15) is 0 Å². The number of carbonyl (C=O) groups is 1. The number of carbonyl (C=O) groups excluding carboxylic acids is 1. The van der Waals surface area contributed by atoms with Gasteiger partial charge in [0, 0.05) is 13.6 Å². The molecule has 1 aromatic carbocycles. The monoisotopic (exact) mass is 245 g/mol. The molecule has 94 valence electrons. The number of aromatic nitrogens is 2. The molecular formula is C13H15N3O2. The van der Waals surface area contributed by atoms with Crippen LogP contribution in [0.5, 0.6) is 0 Å². The molecule has 2 aromatic rings. The number of nitrogens with one attached hydrogen (secondary N) is 1. The van der Waals surface area contributed by atoms with Gasteiger partial charge in [-0.1, -0.05) is 30.3 Å². The highest BCUT2D eigenvalue weighted by Crippen LogP contribution is 2.10. The molecule has 18 heavy (non-hydrogen) atoms. The normalized spacial score (nSPS) is 12.1. The van der Waals surface area contributed by atoms with E-state index in [4.69, 9.17) is 0 Å². The zero-order chi connectivity index (χ0) is 13.0. The molecule has 5 heteroatoms. The van der Waals surface area contributed by atoms with Crippen LogP contribution in [0, 0.1) is 0 Å². The Bertz CT molecular complexity index is 522. The minimum Gasteiger partial charge on any atom is -0.387 e. The first kappa shape index (κ1) is 12.3. The lowest BCUT2D eigenvalue weighted by atomic mass is 10.1. The number of hydrogen-bond acceptors (Lipinski definition) is 3. The summed E-state index contributed by atoms with van der Waals surface area (Å²) in [5, 5.41) is 12.6. The van der Waals surface area contributed by atoms with Crippen LogP contribution in [0.3, 0.4) is 0 Å². The molecule has 1 amide bonds. The van der Waals surface area contributed by atoms with Gasteiger partial charge in [0.2, 0.25) is 0 Å². The largest absolute Gasteiger partial charge is 0.387 e. The fraction of sp³-hybridized carbons (Fsp3) is 0.231. The van der Waals surface area contributed by atoms with Crippen LogP contribution in [0.15, 0.2) is 42.9 Å². The maximum absolute atomic E-state index is 11.8. The van der Waals surface area contributed by atoms with E-state index in [9.17, 15) is 9.90 Å². The van der Waals surface area contributed by atoms with E-state index in [0.717, 1.165) is 5.56 Å². The molecule has 2 N–H and O–H groups in total. The van der Waals surface area contributed by atoms with Crippen LogP contribution in [0.1, 0.15) is 22.2 Å². The average Bonchev–Trinajstić information content (AvgIpc) is 2.83. The Kier molecular flexibility index (Phi) is 3.74. The van der Waals surface area contributed by atoms with E-state index in [1.165, 1.54) is 6.20 Å². The van der Waals surface area contributed by atoms with E-state index in [1.807, 2.05) is 30.3 Å². The van der Waals surface area contributed by atoms with Crippen molar-refractivity contribution in [2.45, 2.75) is 6.10 Å². The Morgan fingerprint density at radius 3 is 2.78 bits per heavy atom. The van der Waals surface area contributed by atoms with Gasteiger partial charge in [0.1, 0.15) is 5.69 Å². The second kappa shape index (κ2) is 5.46. The number of imidazole rings is 1. The van der Waals surface area contributed by atoms with Crippen molar-refractivity contribution in [2.75, 3.05) is 6.54 Å². The molecule has 2 rings (SSSR count). The minimum atomic E-state index is -0.705. The lowest BCUT2D eigenvalue weighted by molar-refractivity contribution is 0.0908. The molecule has 1 atom stereocenters. The Labute approximate surface area is 105 Å². The number of aliphatic hydroxyl groups excluding tert-OH is 1. The Balaban J connectivity index is 1.93. The van der Waals surface area contributed by atoms with Crippen LogP contribution in [0.4, 0.5) is 0 Å². The van der Waals surface area contributed by atoms with Crippen molar-refractivity contribution < 1.29 is 9.90 Å². The summed E-state index contributed by atoms with van der Waals surface area (Å²) in [5.74, 6) is -0.245. The number of benzene rings is 1. The molecule has 0 saturated heterocycles. The van der Waals surface area contributed by atoms with Crippen molar-refractivity contribution >= 4 is 5.91 Å². The highest BCUT2D eigenvalue weighted by molar-refractivity contribution is 5.92. The fourth-order valence-corrected chi connectivity index (χ4v) is 1.65. The smallest absolute Gasteiger partial charge is 0.269 e. The van der Waals surface area contributed by atoms with E-state index in [-0.39, 0.29) is 12.5 Å². The molecule has 1 heterocycles. The highest BCUT2D eigenvalue weighted by atomic mass is 16.3. The molecule has 0 aliphatic heterocycles. The zero-order valence-electron chi connectivity index (χ0n) is 10.1. The van der Waals surface area contributed by atoms with Gasteiger partial charge < -0.3 is 15.0 Å². The van der Waals surface area contributed by atoms with E-state index >= 15 is 0 Å². The zero-order valence-corrected chi connectivity index (χ0v) is 10.1. The maximum Gasteiger partial charge on any atom is 0.269 e. The topological polar surface area (TPSA) is 67.2 Å². The third-order valence-corrected chi connectivity index (χ3v) is 2.69. The van der Waals surface area contributed by atoms with E-state index < -0.39 is 6.10 Å². The second-order valence-corrected chi connectivity index (χ2v) is 4.03. The average molecular weight is 245 g/mol. The molecule has 0 fully saturated rings. The number of nitrogens with zero attached hydrogens (tertiary/aromatic N) is 2. The molecule has 0 bridgehead atoms. The summed E-state index contributed by atoms with van der Waals surface area (Å²) in [7, 11) is 1.75. The van der Waals surface area contributed by atoms with Gasteiger partial charge in [0.25, 0.3) is 5.91 Å². The standard InChI is InChI=1S/C13H15N3O2/c1-16-9-14-7-11(16)13(18)15-8-12(17)10-5-3-2-4-6-10/h2-7,9,12,17H,8H2,1H3,(H,15,18). The first-order valence-corrected chi connectivity index (χ1v) is 5.66. The summed E-state index contributed by atoms with van der Waals surface area (Å²) >= 11 is 0. The van der Waals surface area contributed by atoms with Crippen LogP contribution < -0.4 is 5.32 Å². The summed E-state index contributed by atoms with van der Waals surface area (Å²) in [6, 6.07) is 9.22. The minimum absolute atomic E-state index is 0.175. The van der Waals surface area contributed by atoms with Crippen LogP contribution in [-0.4, -0.2) is 27.1 Å². The quantitative estimate of drug-likeness (QED) is 0.840. The second-order valence-electron chi connectivity index (χ2n) is 4.03. The van der Waals surface area contributed by atoms with Crippen molar-refractivity contribution in [3.63, 3.8) is 0 Å². The van der Waals surface area contributed by atoms with Gasteiger partial charge in [0.15, 0.2) is 0 Å². The van der Waals surface area contributed by atoms with Crippen LogP contribution in [-0.2, 0) is 7.05 Å². The molecule has 0 aliphatic rings. The molecule has 1 unspecified atom stereocenters. The highest BCUT2D eigenvalue weighted by Gasteiger charge is 2.12. The number of aliphatic hydroxyl groups is 1. The van der Waals surface area contributed by atoms with Gasteiger partial charge in [0.05, 0.1) is 18.6 Å². The van der Waals surface area contributed by atoms with Crippen molar-refractivity contribution in [1.82, 2.24) is 14.9 Å². The van der Waals surface area contributed by atoms with Crippen molar-refractivity contribution in [3.8, 4) is 0 Å². The van der Waals surface area contributed by atoms with Crippen LogP contribution >= 0.6 is 0 Å². The first-order valence-electron chi connectivity index (χ1n) is 5.66. The van der Waals surface area contributed by atoms with Gasteiger partial charge in [-0.3, -0.25) is 4.79 Å². The number of hydrogen-bond donors (Lipinski definition) is 2. The molecule has 0 spiro atoms.